The molecular formula is C25H27N3S. The Balaban J connectivity index is 1.61. The van der Waals surface area contributed by atoms with E-state index in [0.29, 0.717) is 0 Å². The molecule has 0 unspecified atom stereocenters. The first-order chi connectivity index (χ1) is 14.3. The summed E-state index contributed by atoms with van der Waals surface area (Å²) in [7, 11) is 0. The van der Waals surface area contributed by atoms with Crippen LogP contribution in [-0.4, -0.2) is 15.3 Å². The summed E-state index contributed by atoms with van der Waals surface area (Å²) in [5.41, 5.74) is 4.86. The number of rotatable bonds is 9. The number of hydrogen-bond donors (Lipinski definition) is 1. The van der Waals surface area contributed by atoms with Crippen LogP contribution in [0.4, 0.5) is 0 Å². The molecule has 1 N–H and O–H groups in total. The van der Waals surface area contributed by atoms with Gasteiger partial charge in [0.2, 0.25) is 0 Å². The Labute approximate surface area is 177 Å². The van der Waals surface area contributed by atoms with Gasteiger partial charge in [-0.05, 0) is 41.5 Å². The number of fused-ring (bicyclic) bond motifs is 1. The van der Waals surface area contributed by atoms with E-state index in [2.05, 4.69) is 95.7 Å². The average molecular weight is 402 g/mol. The maximum Gasteiger partial charge on any atom is 0.124 e. The molecule has 148 valence electrons. The molecule has 0 bridgehead atoms. The molecule has 0 aliphatic rings. The van der Waals surface area contributed by atoms with E-state index >= 15 is 0 Å². The number of thioether (sulfide) groups is 1. The minimum atomic E-state index is 0.744. The smallest absolute Gasteiger partial charge is 0.124 e. The molecule has 4 heteroatoms. The van der Waals surface area contributed by atoms with Gasteiger partial charge in [-0.1, -0.05) is 67.6 Å². The molecule has 0 radical (unpaired) electrons. The molecule has 0 saturated heterocycles. The molecule has 3 nitrogen and oxygen atoms in total. The Hall–Kier alpha value is -2.56. The van der Waals surface area contributed by atoms with Crippen LogP contribution in [0, 0.1) is 0 Å². The summed E-state index contributed by atoms with van der Waals surface area (Å²) < 4.78 is 2.36. The van der Waals surface area contributed by atoms with Crippen LogP contribution in [0.1, 0.15) is 30.3 Å². The van der Waals surface area contributed by atoms with Crippen LogP contribution in [0.5, 0.6) is 0 Å². The second-order valence-corrected chi connectivity index (χ2v) is 8.36. The summed E-state index contributed by atoms with van der Waals surface area (Å²) in [6, 6.07) is 27.8. The number of aromatic nitrogens is 2. The molecule has 4 aromatic rings. The first-order valence-corrected chi connectivity index (χ1v) is 11.2. The van der Waals surface area contributed by atoms with Crippen molar-refractivity contribution >= 4 is 22.8 Å². The van der Waals surface area contributed by atoms with Gasteiger partial charge in [-0.15, -0.1) is 11.8 Å². The molecule has 0 aliphatic heterocycles. The van der Waals surface area contributed by atoms with Crippen LogP contribution >= 0.6 is 11.8 Å². The zero-order valence-electron chi connectivity index (χ0n) is 16.8. The van der Waals surface area contributed by atoms with Crippen molar-refractivity contribution in [1.82, 2.24) is 14.9 Å². The predicted octanol–water partition coefficient (Wildman–Crippen LogP) is 5.88. The van der Waals surface area contributed by atoms with Crippen LogP contribution in [-0.2, 0) is 19.6 Å². The van der Waals surface area contributed by atoms with Crippen molar-refractivity contribution in [3.63, 3.8) is 0 Å². The van der Waals surface area contributed by atoms with Crippen molar-refractivity contribution in [2.75, 3.05) is 5.75 Å². The SMILES string of the molecule is CCCSc1ccc2nc(CNCc3ccccc3)n(Cc3ccccc3)c2c1. The Bertz CT molecular complexity index is 1040. The standard InChI is InChI=1S/C25H27N3S/c1-2-15-29-22-13-14-23-24(16-22)28(19-21-11-7-4-8-12-21)25(27-23)18-26-17-20-9-5-3-6-10-20/h3-14,16,26H,2,15,17-19H2,1H3. The van der Waals surface area contributed by atoms with Crippen molar-refractivity contribution < 1.29 is 0 Å². The number of imidazole rings is 1. The molecule has 0 saturated carbocycles. The summed E-state index contributed by atoms with van der Waals surface area (Å²) in [5.74, 6) is 2.22. The molecule has 0 fully saturated rings. The highest BCUT2D eigenvalue weighted by atomic mass is 32.2. The quantitative estimate of drug-likeness (QED) is 0.355. The van der Waals surface area contributed by atoms with E-state index in [1.807, 2.05) is 11.8 Å². The molecule has 0 aliphatic carbocycles. The maximum absolute atomic E-state index is 4.95. The number of nitrogens with one attached hydrogen (secondary N) is 1. The highest BCUT2D eigenvalue weighted by Gasteiger charge is 2.12. The maximum atomic E-state index is 4.95. The van der Waals surface area contributed by atoms with E-state index < -0.39 is 0 Å². The molecule has 3 aromatic carbocycles. The number of hydrogen-bond acceptors (Lipinski definition) is 3. The van der Waals surface area contributed by atoms with Crippen LogP contribution in [0.3, 0.4) is 0 Å². The summed E-state index contributed by atoms with van der Waals surface area (Å²) in [6.45, 7) is 4.64. The topological polar surface area (TPSA) is 29.9 Å². The molecule has 1 aromatic heterocycles. The van der Waals surface area contributed by atoms with E-state index in [0.717, 1.165) is 36.7 Å². The molecule has 0 spiro atoms. The summed E-state index contributed by atoms with van der Waals surface area (Å²) >= 11 is 1.92. The highest BCUT2D eigenvalue weighted by molar-refractivity contribution is 7.99. The van der Waals surface area contributed by atoms with E-state index in [9.17, 15) is 0 Å². The zero-order valence-corrected chi connectivity index (χ0v) is 17.7. The molecule has 1 heterocycles. The third-order valence-corrected chi connectivity index (χ3v) is 6.11. The van der Waals surface area contributed by atoms with Gasteiger partial charge < -0.3 is 9.88 Å². The van der Waals surface area contributed by atoms with Crippen LogP contribution < -0.4 is 5.32 Å². The summed E-state index contributed by atoms with van der Waals surface area (Å²) in [5, 5.41) is 3.57. The Morgan fingerprint density at radius 1 is 0.862 bits per heavy atom. The third kappa shape index (κ3) is 5.08. The van der Waals surface area contributed by atoms with Crippen LogP contribution in [0.2, 0.25) is 0 Å². The highest BCUT2D eigenvalue weighted by Crippen LogP contribution is 2.26. The van der Waals surface area contributed by atoms with Crippen LogP contribution in [0.25, 0.3) is 11.0 Å². The van der Waals surface area contributed by atoms with Gasteiger partial charge in [0.25, 0.3) is 0 Å². The molecule has 0 atom stereocenters. The molecular weight excluding hydrogens is 374 g/mol. The van der Waals surface area contributed by atoms with Gasteiger partial charge in [0.05, 0.1) is 17.6 Å². The Kier molecular flexibility index (Phi) is 6.65. The van der Waals surface area contributed by atoms with Gasteiger partial charge in [-0.3, -0.25) is 0 Å². The minimum Gasteiger partial charge on any atom is -0.322 e. The van der Waals surface area contributed by atoms with Gasteiger partial charge in [0.1, 0.15) is 5.82 Å². The number of nitrogens with zero attached hydrogens (tertiary/aromatic N) is 2. The lowest BCUT2D eigenvalue weighted by Crippen LogP contribution is -2.17. The first-order valence-electron chi connectivity index (χ1n) is 10.2. The van der Waals surface area contributed by atoms with Gasteiger partial charge in [-0.2, -0.15) is 0 Å². The number of benzene rings is 3. The van der Waals surface area contributed by atoms with Crippen molar-refractivity contribution in [2.24, 2.45) is 0 Å². The lowest BCUT2D eigenvalue weighted by atomic mass is 10.2. The second kappa shape index (κ2) is 9.77. The Morgan fingerprint density at radius 2 is 1.59 bits per heavy atom. The fourth-order valence-electron chi connectivity index (χ4n) is 3.45. The van der Waals surface area contributed by atoms with Crippen LogP contribution in [0.15, 0.2) is 83.8 Å². The monoisotopic (exact) mass is 401 g/mol. The summed E-state index contributed by atoms with van der Waals surface area (Å²) in [4.78, 5) is 6.27. The van der Waals surface area contributed by atoms with Crippen molar-refractivity contribution in [3.8, 4) is 0 Å². The molecule has 0 amide bonds. The minimum absolute atomic E-state index is 0.744. The molecule has 4 rings (SSSR count). The van der Waals surface area contributed by atoms with Crippen molar-refractivity contribution in [3.05, 3.63) is 95.8 Å². The van der Waals surface area contributed by atoms with Gasteiger partial charge >= 0.3 is 0 Å². The van der Waals surface area contributed by atoms with Gasteiger partial charge in [-0.25, -0.2) is 4.98 Å². The van der Waals surface area contributed by atoms with E-state index in [1.54, 1.807) is 0 Å². The van der Waals surface area contributed by atoms with E-state index in [4.69, 9.17) is 4.98 Å². The average Bonchev–Trinajstić information content (AvgIpc) is 3.10. The largest absolute Gasteiger partial charge is 0.322 e. The summed E-state index contributed by atoms with van der Waals surface area (Å²) in [6.07, 6.45) is 1.18. The Morgan fingerprint density at radius 3 is 2.31 bits per heavy atom. The molecule has 29 heavy (non-hydrogen) atoms. The fraction of sp³-hybridized carbons (Fsp3) is 0.240. The van der Waals surface area contributed by atoms with Gasteiger partial charge in [0, 0.05) is 18.0 Å². The van der Waals surface area contributed by atoms with Crippen molar-refractivity contribution in [2.45, 2.75) is 37.9 Å². The van der Waals surface area contributed by atoms with Crippen molar-refractivity contribution in [1.29, 1.82) is 0 Å². The third-order valence-electron chi connectivity index (χ3n) is 4.91. The van der Waals surface area contributed by atoms with E-state index in [-0.39, 0.29) is 0 Å². The van der Waals surface area contributed by atoms with E-state index in [1.165, 1.54) is 28.0 Å². The lowest BCUT2D eigenvalue weighted by molar-refractivity contribution is 0.628. The fourth-order valence-corrected chi connectivity index (χ4v) is 4.25. The predicted molar refractivity (Wildman–Crippen MR) is 123 cm³/mol. The lowest BCUT2D eigenvalue weighted by Gasteiger charge is -2.11. The first kappa shape index (κ1) is 19.7. The second-order valence-electron chi connectivity index (χ2n) is 7.19. The van der Waals surface area contributed by atoms with Gasteiger partial charge in [0.15, 0.2) is 0 Å². The zero-order chi connectivity index (χ0) is 19.9. The normalized spacial score (nSPS) is 11.2.